The van der Waals surface area contributed by atoms with Gasteiger partial charge in [0.15, 0.2) is 5.72 Å². The van der Waals surface area contributed by atoms with E-state index in [1.54, 1.807) is 43.5 Å². The molecule has 2 aromatic rings. The van der Waals surface area contributed by atoms with Gasteiger partial charge in [0, 0.05) is 23.3 Å². The Hall–Kier alpha value is -2.66. The van der Waals surface area contributed by atoms with Gasteiger partial charge in [-0.3, -0.25) is 4.79 Å². The Morgan fingerprint density at radius 2 is 2.00 bits per heavy atom. The van der Waals surface area contributed by atoms with E-state index in [2.05, 4.69) is 5.10 Å². The lowest BCUT2D eigenvalue weighted by molar-refractivity contribution is -0.0765. The Morgan fingerprint density at radius 3 is 2.67 bits per heavy atom. The molecule has 1 unspecified atom stereocenters. The summed E-state index contributed by atoms with van der Waals surface area (Å²) < 4.78 is 5.18. The summed E-state index contributed by atoms with van der Waals surface area (Å²) in [5, 5.41) is 16.8. The zero-order valence-electron chi connectivity index (χ0n) is 13.8. The SMILES string of the molecule is CCC1=NN(C(=O)c2cccc(OC)c2)C(O)(c2ccccc2)C1. The normalized spacial score (nSPS) is 20.0. The van der Waals surface area contributed by atoms with Crippen LogP contribution in [0, 0.1) is 0 Å². The molecule has 3 rings (SSSR count). The molecule has 2 aromatic carbocycles. The van der Waals surface area contributed by atoms with Crippen molar-refractivity contribution in [3.8, 4) is 5.75 Å². The molecule has 0 aliphatic carbocycles. The molecule has 1 N–H and O–H groups in total. The molecule has 1 heterocycles. The van der Waals surface area contributed by atoms with Crippen LogP contribution in [0.15, 0.2) is 59.7 Å². The molecule has 0 saturated carbocycles. The molecule has 5 nitrogen and oxygen atoms in total. The minimum Gasteiger partial charge on any atom is -0.497 e. The summed E-state index contributed by atoms with van der Waals surface area (Å²) in [5.74, 6) is 0.228. The zero-order valence-corrected chi connectivity index (χ0v) is 13.8. The van der Waals surface area contributed by atoms with Crippen molar-refractivity contribution in [2.45, 2.75) is 25.5 Å². The van der Waals surface area contributed by atoms with Gasteiger partial charge >= 0.3 is 0 Å². The number of carbonyl (C=O) groups is 1. The van der Waals surface area contributed by atoms with Crippen molar-refractivity contribution in [2.24, 2.45) is 5.10 Å². The Morgan fingerprint density at radius 1 is 1.25 bits per heavy atom. The average Bonchev–Trinajstić information content (AvgIpc) is 3.00. The maximum absolute atomic E-state index is 13.0. The summed E-state index contributed by atoms with van der Waals surface area (Å²) in [6.45, 7) is 1.96. The van der Waals surface area contributed by atoms with Crippen molar-refractivity contribution in [3.05, 3.63) is 65.7 Å². The van der Waals surface area contributed by atoms with Crippen LogP contribution in [0.2, 0.25) is 0 Å². The lowest BCUT2D eigenvalue weighted by Crippen LogP contribution is -2.43. The molecule has 0 saturated heterocycles. The molecular weight excluding hydrogens is 304 g/mol. The molecule has 1 amide bonds. The molecule has 1 aliphatic rings. The minimum atomic E-state index is -1.47. The van der Waals surface area contributed by atoms with E-state index in [-0.39, 0.29) is 5.91 Å². The third-order valence-electron chi connectivity index (χ3n) is 4.20. The maximum atomic E-state index is 13.0. The fourth-order valence-corrected chi connectivity index (χ4v) is 2.84. The zero-order chi connectivity index (χ0) is 17.2. The topological polar surface area (TPSA) is 62.1 Å². The van der Waals surface area contributed by atoms with Crippen LogP contribution in [0.4, 0.5) is 0 Å². The van der Waals surface area contributed by atoms with Gasteiger partial charge in [0.25, 0.3) is 5.91 Å². The number of benzene rings is 2. The van der Waals surface area contributed by atoms with Crippen LogP contribution in [0.5, 0.6) is 5.75 Å². The molecular formula is C19H20N2O3. The van der Waals surface area contributed by atoms with Gasteiger partial charge in [0.05, 0.1) is 7.11 Å². The van der Waals surface area contributed by atoms with Crippen LogP contribution >= 0.6 is 0 Å². The molecule has 0 spiro atoms. The molecule has 0 fully saturated rings. The fourth-order valence-electron chi connectivity index (χ4n) is 2.84. The molecule has 0 aromatic heterocycles. The smallest absolute Gasteiger partial charge is 0.277 e. The second-order valence-electron chi connectivity index (χ2n) is 5.73. The van der Waals surface area contributed by atoms with E-state index in [9.17, 15) is 9.90 Å². The van der Waals surface area contributed by atoms with Gasteiger partial charge in [-0.25, -0.2) is 0 Å². The first-order chi connectivity index (χ1) is 11.6. The van der Waals surface area contributed by atoms with Crippen LogP contribution in [0.25, 0.3) is 0 Å². The molecule has 1 aliphatic heterocycles. The predicted octanol–water partition coefficient (Wildman–Crippen LogP) is 3.15. The average molecular weight is 324 g/mol. The monoisotopic (exact) mass is 324 g/mol. The van der Waals surface area contributed by atoms with Crippen molar-refractivity contribution in [3.63, 3.8) is 0 Å². The van der Waals surface area contributed by atoms with Gasteiger partial charge in [0.2, 0.25) is 0 Å². The molecule has 0 bridgehead atoms. The number of hydrogen-bond donors (Lipinski definition) is 1. The Bertz CT molecular complexity index is 773. The van der Waals surface area contributed by atoms with Gasteiger partial charge in [-0.2, -0.15) is 10.1 Å². The predicted molar refractivity (Wildman–Crippen MR) is 91.8 cm³/mol. The first-order valence-electron chi connectivity index (χ1n) is 7.91. The number of ether oxygens (including phenoxy) is 1. The lowest BCUT2D eigenvalue weighted by atomic mass is 9.96. The van der Waals surface area contributed by atoms with E-state index < -0.39 is 5.72 Å². The number of methoxy groups -OCH3 is 1. The number of carbonyl (C=O) groups excluding carboxylic acids is 1. The van der Waals surface area contributed by atoms with Crippen molar-refractivity contribution >= 4 is 11.6 Å². The largest absolute Gasteiger partial charge is 0.497 e. The molecule has 124 valence electrons. The van der Waals surface area contributed by atoms with Crippen molar-refractivity contribution in [2.75, 3.05) is 7.11 Å². The number of nitrogens with zero attached hydrogens (tertiary/aromatic N) is 2. The van der Waals surface area contributed by atoms with E-state index in [4.69, 9.17) is 4.74 Å². The van der Waals surface area contributed by atoms with E-state index >= 15 is 0 Å². The van der Waals surface area contributed by atoms with E-state index in [0.29, 0.717) is 29.7 Å². The fraction of sp³-hybridized carbons (Fsp3) is 0.263. The van der Waals surface area contributed by atoms with Crippen LogP contribution < -0.4 is 4.74 Å². The number of hydrazone groups is 1. The lowest BCUT2D eigenvalue weighted by Gasteiger charge is -2.31. The second-order valence-corrected chi connectivity index (χ2v) is 5.73. The Balaban J connectivity index is 2.01. The Labute approximate surface area is 141 Å². The number of hydrogen-bond acceptors (Lipinski definition) is 4. The quantitative estimate of drug-likeness (QED) is 0.940. The minimum absolute atomic E-state index is 0.309. The third-order valence-corrected chi connectivity index (χ3v) is 4.20. The summed E-state index contributed by atoms with van der Waals surface area (Å²) in [6, 6.07) is 16.0. The van der Waals surface area contributed by atoms with Crippen LogP contribution in [-0.2, 0) is 5.72 Å². The maximum Gasteiger partial charge on any atom is 0.277 e. The summed E-state index contributed by atoms with van der Waals surface area (Å²) in [5.41, 5.74) is 0.392. The number of amides is 1. The number of aliphatic hydroxyl groups is 1. The van der Waals surface area contributed by atoms with Gasteiger partial charge in [-0.15, -0.1) is 0 Å². The summed E-state index contributed by atoms with van der Waals surface area (Å²) in [7, 11) is 1.55. The highest BCUT2D eigenvalue weighted by molar-refractivity contribution is 5.98. The molecule has 1 atom stereocenters. The van der Waals surface area contributed by atoms with Crippen LogP contribution in [0.3, 0.4) is 0 Å². The van der Waals surface area contributed by atoms with Gasteiger partial charge in [-0.05, 0) is 24.6 Å². The molecule has 0 radical (unpaired) electrons. The summed E-state index contributed by atoms with van der Waals surface area (Å²) in [4.78, 5) is 13.0. The highest BCUT2D eigenvalue weighted by atomic mass is 16.5. The number of rotatable bonds is 4. The summed E-state index contributed by atoms with van der Waals surface area (Å²) >= 11 is 0. The van der Waals surface area contributed by atoms with Crippen molar-refractivity contribution in [1.29, 1.82) is 0 Å². The first-order valence-corrected chi connectivity index (χ1v) is 7.91. The highest BCUT2D eigenvalue weighted by Gasteiger charge is 2.45. The standard InChI is InChI=1S/C19H20N2O3/c1-3-16-13-19(23,15-9-5-4-6-10-15)21(20-16)18(22)14-8-7-11-17(12-14)24-2/h4-12,23H,3,13H2,1-2H3. The van der Waals surface area contributed by atoms with Crippen molar-refractivity contribution < 1.29 is 14.6 Å². The molecule has 5 heteroatoms. The van der Waals surface area contributed by atoms with E-state index in [1.165, 1.54) is 5.01 Å². The molecule has 24 heavy (non-hydrogen) atoms. The van der Waals surface area contributed by atoms with Gasteiger partial charge in [0.1, 0.15) is 5.75 Å². The van der Waals surface area contributed by atoms with Crippen LogP contribution in [-0.4, -0.2) is 28.8 Å². The first kappa shape index (κ1) is 16.2. The van der Waals surface area contributed by atoms with Crippen molar-refractivity contribution in [1.82, 2.24) is 5.01 Å². The van der Waals surface area contributed by atoms with E-state index in [0.717, 1.165) is 5.71 Å². The Kier molecular flexibility index (Phi) is 4.36. The van der Waals surface area contributed by atoms with Crippen LogP contribution in [0.1, 0.15) is 35.7 Å². The van der Waals surface area contributed by atoms with Gasteiger partial charge < -0.3 is 9.84 Å². The van der Waals surface area contributed by atoms with E-state index in [1.807, 2.05) is 25.1 Å². The van der Waals surface area contributed by atoms with Gasteiger partial charge in [-0.1, -0.05) is 43.3 Å². The second kappa shape index (κ2) is 6.45. The highest BCUT2D eigenvalue weighted by Crippen LogP contribution is 2.37. The third kappa shape index (κ3) is 2.78. The summed E-state index contributed by atoms with van der Waals surface area (Å²) in [6.07, 6.45) is 0.986.